The molecule has 0 atom stereocenters. The van der Waals surface area contributed by atoms with Crippen LogP contribution >= 0.6 is 34.3 Å². The van der Waals surface area contributed by atoms with E-state index in [9.17, 15) is 4.79 Å². The molecule has 0 unspecified atom stereocenters. The van der Waals surface area contributed by atoms with Crippen molar-refractivity contribution in [3.8, 4) is 9.88 Å². The van der Waals surface area contributed by atoms with Gasteiger partial charge in [-0.15, -0.1) is 22.7 Å². The van der Waals surface area contributed by atoms with Gasteiger partial charge in [0.15, 0.2) is 0 Å². The molecule has 7 heteroatoms. The van der Waals surface area contributed by atoms with E-state index in [1.807, 2.05) is 35.4 Å². The molecule has 1 saturated heterocycles. The predicted molar refractivity (Wildman–Crippen MR) is 117 cm³/mol. The van der Waals surface area contributed by atoms with Gasteiger partial charge in [0, 0.05) is 37.7 Å². The Labute approximate surface area is 178 Å². The van der Waals surface area contributed by atoms with Crippen molar-refractivity contribution in [3.63, 3.8) is 0 Å². The highest BCUT2D eigenvalue weighted by atomic mass is 35.5. The Bertz CT molecular complexity index is 937. The molecule has 4 rings (SSSR count). The first-order valence-electron chi connectivity index (χ1n) is 9.37. The van der Waals surface area contributed by atoms with E-state index in [1.165, 1.54) is 16.9 Å². The van der Waals surface area contributed by atoms with E-state index in [0.29, 0.717) is 0 Å². The summed E-state index contributed by atoms with van der Waals surface area (Å²) >= 11 is 9.15. The summed E-state index contributed by atoms with van der Waals surface area (Å²) in [7, 11) is 0. The van der Waals surface area contributed by atoms with Gasteiger partial charge in [0.25, 0.3) is 5.91 Å². The molecule has 28 heavy (non-hydrogen) atoms. The maximum absolute atomic E-state index is 13.1. The second-order valence-corrected chi connectivity index (χ2v) is 9.34. The lowest BCUT2D eigenvalue weighted by molar-refractivity contribution is 0.0765. The van der Waals surface area contributed by atoms with Gasteiger partial charge in [0.2, 0.25) is 0 Å². The molecule has 2 aromatic heterocycles. The average Bonchev–Trinajstić information content (AvgIpc) is 3.29. The minimum Gasteiger partial charge on any atom is -0.337 e. The maximum atomic E-state index is 13.1. The summed E-state index contributed by atoms with van der Waals surface area (Å²) in [4.78, 5) is 24.0. The molecule has 1 aliphatic rings. The van der Waals surface area contributed by atoms with Crippen LogP contribution in [-0.2, 0) is 6.54 Å². The van der Waals surface area contributed by atoms with E-state index < -0.39 is 0 Å². The lowest BCUT2D eigenvalue weighted by Gasteiger charge is -2.22. The third-order valence-electron chi connectivity index (χ3n) is 4.92. The predicted octanol–water partition coefficient (Wildman–Crippen LogP) is 5.18. The first-order valence-corrected chi connectivity index (χ1v) is 11.4. The van der Waals surface area contributed by atoms with E-state index in [1.54, 1.807) is 11.3 Å². The minimum absolute atomic E-state index is 0.117. The number of aryl methyl sites for hydroxylation is 1. The molecule has 0 radical (unpaired) electrons. The van der Waals surface area contributed by atoms with Crippen LogP contribution in [0.5, 0.6) is 0 Å². The molecule has 0 aliphatic carbocycles. The van der Waals surface area contributed by atoms with Crippen molar-refractivity contribution in [2.45, 2.75) is 19.9 Å². The van der Waals surface area contributed by atoms with Gasteiger partial charge in [-0.25, -0.2) is 4.98 Å². The number of carbonyl (C=O) groups excluding carboxylic acids is 1. The zero-order valence-corrected chi connectivity index (χ0v) is 18.1. The molecule has 3 heterocycles. The molecule has 0 saturated carbocycles. The van der Waals surface area contributed by atoms with Gasteiger partial charge in [-0.2, -0.15) is 0 Å². The number of rotatable bonds is 4. The molecule has 3 aromatic rings. The normalized spacial score (nSPS) is 15.6. The standard InChI is InChI=1S/C21H22ClN3OS2/c1-15-19(28-20(23-15)18-4-2-13-27-18)21(26)25-10-3-9-24(11-12-25)14-16-5-7-17(22)8-6-16/h2,4-8,13H,3,9-12,14H2,1H3. The smallest absolute Gasteiger partial charge is 0.265 e. The van der Waals surface area contributed by atoms with Crippen LogP contribution < -0.4 is 0 Å². The molecule has 0 N–H and O–H groups in total. The number of thiazole rings is 1. The molecule has 1 aliphatic heterocycles. The van der Waals surface area contributed by atoms with Gasteiger partial charge in [-0.05, 0) is 42.5 Å². The van der Waals surface area contributed by atoms with E-state index >= 15 is 0 Å². The van der Waals surface area contributed by atoms with Crippen LogP contribution in [0.4, 0.5) is 0 Å². The first kappa shape index (κ1) is 19.6. The van der Waals surface area contributed by atoms with Crippen LogP contribution in [0.1, 0.15) is 27.3 Å². The van der Waals surface area contributed by atoms with Gasteiger partial charge < -0.3 is 4.90 Å². The summed E-state index contributed by atoms with van der Waals surface area (Å²) in [6.45, 7) is 6.24. The molecule has 1 fully saturated rings. The molecule has 0 bridgehead atoms. The zero-order valence-electron chi connectivity index (χ0n) is 15.7. The number of nitrogens with zero attached hydrogens (tertiary/aromatic N) is 3. The largest absolute Gasteiger partial charge is 0.337 e. The van der Waals surface area contributed by atoms with Crippen LogP contribution in [0.3, 0.4) is 0 Å². The molecular weight excluding hydrogens is 410 g/mol. The fraction of sp³-hybridized carbons (Fsp3) is 0.333. The summed E-state index contributed by atoms with van der Waals surface area (Å²) < 4.78 is 0. The Morgan fingerprint density at radius 3 is 2.71 bits per heavy atom. The van der Waals surface area contributed by atoms with Crippen molar-refractivity contribution < 1.29 is 4.79 Å². The van der Waals surface area contributed by atoms with Gasteiger partial charge in [0.05, 0.1) is 10.6 Å². The highest BCUT2D eigenvalue weighted by molar-refractivity contribution is 7.22. The lowest BCUT2D eigenvalue weighted by atomic mass is 10.2. The molecule has 146 valence electrons. The van der Waals surface area contributed by atoms with Crippen LogP contribution in [-0.4, -0.2) is 46.9 Å². The van der Waals surface area contributed by atoms with Gasteiger partial charge in [-0.1, -0.05) is 29.8 Å². The third kappa shape index (κ3) is 4.46. The second-order valence-electron chi connectivity index (χ2n) is 6.96. The number of hydrogen-bond donors (Lipinski definition) is 0. The van der Waals surface area contributed by atoms with E-state index in [0.717, 1.165) is 64.6 Å². The van der Waals surface area contributed by atoms with E-state index in [4.69, 9.17) is 11.6 Å². The van der Waals surface area contributed by atoms with Crippen LogP contribution in [0.15, 0.2) is 41.8 Å². The number of carbonyl (C=O) groups is 1. The Hall–Kier alpha value is -1.73. The molecular formula is C21H22ClN3OS2. The lowest BCUT2D eigenvalue weighted by Crippen LogP contribution is -2.35. The van der Waals surface area contributed by atoms with E-state index in [2.05, 4.69) is 28.1 Å². The van der Waals surface area contributed by atoms with Crippen molar-refractivity contribution >= 4 is 40.2 Å². The maximum Gasteiger partial charge on any atom is 0.265 e. The quantitative estimate of drug-likeness (QED) is 0.571. The van der Waals surface area contributed by atoms with Crippen LogP contribution in [0.25, 0.3) is 9.88 Å². The number of halogens is 1. The summed E-state index contributed by atoms with van der Waals surface area (Å²) in [5.41, 5.74) is 2.09. The fourth-order valence-electron chi connectivity index (χ4n) is 3.42. The van der Waals surface area contributed by atoms with Crippen molar-refractivity contribution in [1.29, 1.82) is 0 Å². The summed E-state index contributed by atoms with van der Waals surface area (Å²) in [5, 5.41) is 3.74. The first-order chi connectivity index (χ1) is 13.6. The average molecular weight is 432 g/mol. The number of benzene rings is 1. The van der Waals surface area contributed by atoms with Gasteiger partial charge in [0.1, 0.15) is 9.88 Å². The molecule has 0 spiro atoms. The van der Waals surface area contributed by atoms with Crippen LogP contribution in [0.2, 0.25) is 5.02 Å². The van der Waals surface area contributed by atoms with E-state index in [-0.39, 0.29) is 5.91 Å². The van der Waals surface area contributed by atoms with Crippen LogP contribution in [0, 0.1) is 6.92 Å². The third-order valence-corrected chi connectivity index (χ3v) is 7.35. The second kappa shape index (κ2) is 8.74. The van der Waals surface area contributed by atoms with Crippen molar-refractivity contribution in [1.82, 2.24) is 14.8 Å². The number of aromatic nitrogens is 1. The zero-order chi connectivity index (χ0) is 19.5. The topological polar surface area (TPSA) is 36.4 Å². The number of amides is 1. The Kier molecular flexibility index (Phi) is 6.11. The Morgan fingerprint density at radius 2 is 1.96 bits per heavy atom. The SMILES string of the molecule is Cc1nc(-c2cccs2)sc1C(=O)N1CCCN(Cc2ccc(Cl)cc2)CC1. The highest BCUT2D eigenvalue weighted by Crippen LogP contribution is 2.31. The molecule has 1 aromatic carbocycles. The number of hydrogen-bond acceptors (Lipinski definition) is 5. The summed E-state index contributed by atoms with van der Waals surface area (Å²) in [6.07, 6.45) is 0.981. The monoisotopic (exact) mass is 431 g/mol. The number of thiophene rings is 1. The van der Waals surface area contributed by atoms with Crippen molar-refractivity contribution in [3.05, 3.63) is 62.9 Å². The summed E-state index contributed by atoms with van der Waals surface area (Å²) in [5.74, 6) is 0.117. The highest BCUT2D eigenvalue weighted by Gasteiger charge is 2.24. The van der Waals surface area contributed by atoms with Gasteiger partial charge in [-0.3, -0.25) is 9.69 Å². The Balaban J connectivity index is 1.41. The Morgan fingerprint density at radius 1 is 1.14 bits per heavy atom. The molecule has 1 amide bonds. The van der Waals surface area contributed by atoms with Gasteiger partial charge >= 0.3 is 0 Å². The van der Waals surface area contributed by atoms with Crippen molar-refractivity contribution in [2.24, 2.45) is 0 Å². The molecule has 4 nitrogen and oxygen atoms in total. The minimum atomic E-state index is 0.117. The fourth-order valence-corrected chi connectivity index (χ4v) is 5.38. The summed E-state index contributed by atoms with van der Waals surface area (Å²) in [6, 6.07) is 12.1. The van der Waals surface area contributed by atoms with Crippen molar-refractivity contribution in [2.75, 3.05) is 26.2 Å².